The summed E-state index contributed by atoms with van der Waals surface area (Å²) in [6, 6.07) is 0. The maximum atomic E-state index is 11.3. The largest absolute Gasteiger partial charge is 0.290 e. The summed E-state index contributed by atoms with van der Waals surface area (Å²) in [5.41, 5.74) is 0. The van der Waals surface area contributed by atoms with Crippen LogP contribution >= 0.6 is 22.0 Å². The van der Waals surface area contributed by atoms with Crippen molar-refractivity contribution in [2.24, 2.45) is 0 Å². The highest BCUT2D eigenvalue weighted by atomic mass is 33.1. The average molecular weight is 292 g/mol. The fourth-order valence-electron chi connectivity index (χ4n) is 1.31. The molecule has 0 aromatic carbocycles. The van der Waals surface area contributed by atoms with Gasteiger partial charge in [-0.25, -0.2) is 0 Å². The number of rotatable bonds is 11. The Morgan fingerprint density at radius 2 is 1.17 bits per heavy atom. The van der Waals surface area contributed by atoms with Gasteiger partial charge in [0.05, 0.1) is 0 Å². The van der Waals surface area contributed by atoms with E-state index in [1.54, 1.807) is 0 Å². The third kappa shape index (κ3) is 12.1. The van der Waals surface area contributed by atoms with E-state index in [0.717, 1.165) is 38.5 Å². The molecule has 106 valence electrons. The lowest BCUT2D eigenvalue weighted by molar-refractivity contribution is -0.120. The van der Waals surface area contributed by atoms with Crippen molar-refractivity contribution in [1.82, 2.24) is 9.44 Å². The molecule has 6 heteroatoms. The van der Waals surface area contributed by atoms with Crippen LogP contribution in [0.5, 0.6) is 0 Å². The van der Waals surface area contributed by atoms with E-state index in [1.165, 1.54) is 22.0 Å². The van der Waals surface area contributed by atoms with Crippen molar-refractivity contribution in [1.29, 1.82) is 0 Å². The number of unbranched alkanes of at least 4 members (excludes halogenated alkanes) is 4. The summed E-state index contributed by atoms with van der Waals surface area (Å²) in [6.07, 6.45) is 7.37. The monoisotopic (exact) mass is 292 g/mol. The van der Waals surface area contributed by atoms with Gasteiger partial charge in [0.25, 0.3) is 0 Å². The molecule has 0 bridgehead atoms. The van der Waals surface area contributed by atoms with Crippen LogP contribution in [0.2, 0.25) is 0 Å². The van der Waals surface area contributed by atoms with Gasteiger partial charge < -0.3 is 0 Å². The lowest BCUT2D eigenvalue weighted by Crippen LogP contribution is -2.18. The molecule has 0 atom stereocenters. The van der Waals surface area contributed by atoms with Gasteiger partial charge in [-0.15, -0.1) is 0 Å². The summed E-state index contributed by atoms with van der Waals surface area (Å²) in [5.74, 6) is 0.0577. The smallest absolute Gasteiger partial charge is 0.230 e. The molecule has 0 aliphatic rings. The summed E-state index contributed by atoms with van der Waals surface area (Å²) in [5, 5.41) is 0. The standard InChI is InChI=1S/C12H24N2O2S2/c1-3-5-7-9-11(15)13-17-18-14-12(16)10-8-6-4-2/h3-10H2,1-2H3,(H,13,15)(H,14,16). The molecule has 0 aromatic heterocycles. The first-order valence-electron chi connectivity index (χ1n) is 6.60. The van der Waals surface area contributed by atoms with Crippen LogP contribution in [0.25, 0.3) is 0 Å². The van der Waals surface area contributed by atoms with Crippen LogP contribution in [-0.2, 0) is 9.59 Å². The van der Waals surface area contributed by atoms with Gasteiger partial charge in [-0.05, 0) is 12.8 Å². The van der Waals surface area contributed by atoms with Crippen LogP contribution < -0.4 is 9.44 Å². The molecule has 0 aliphatic carbocycles. The lowest BCUT2D eigenvalue weighted by Gasteiger charge is -2.04. The van der Waals surface area contributed by atoms with Crippen molar-refractivity contribution < 1.29 is 9.59 Å². The van der Waals surface area contributed by atoms with E-state index < -0.39 is 0 Å². The Labute approximate surface area is 118 Å². The Kier molecular flexibility index (Phi) is 12.8. The van der Waals surface area contributed by atoms with Gasteiger partial charge in [0, 0.05) is 34.8 Å². The molecule has 0 saturated heterocycles. The zero-order chi connectivity index (χ0) is 13.6. The summed E-state index contributed by atoms with van der Waals surface area (Å²) >= 11 is 0. The van der Waals surface area contributed by atoms with Crippen molar-refractivity contribution in [2.75, 3.05) is 0 Å². The predicted molar refractivity (Wildman–Crippen MR) is 79.8 cm³/mol. The second-order valence-electron chi connectivity index (χ2n) is 4.13. The summed E-state index contributed by atoms with van der Waals surface area (Å²) in [7, 11) is 2.34. The minimum atomic E-state index is 0.0289. The lowest BCUT2D eigenvalue weighted by atomic mass is 10.2. The Morgan fingerprint density at radius 1 is 0.778 bits per heavy atom. The minimum Gasteiger partial charge on any atom is -0.290 e. The van der Waals surface area contributed by atoms with Crippen molar-refractivity contribution in [2.45, 2.75) is 65.2 Å². The SMILES string of the molecule is CCCCCC(=O)NSSNC(=O)CCCCC. The van der Waals surface area contributed by atoms with Crippen LogP contribution in [-0.4, -0.2) is 11.8 Å². The molecule has 0 aliphatic heterocycles. The maximum absolute atomic E-state index is 11.3. The Hall–Kier alpha value is -0.360. The zero-order valence-electron chi connectivity index (χ0n) is 11.3. The molecule has 2 amide bonds. The van der Waals surface area contributed by atoms with Crippen molar-refractivity contribution in [3.05, 3.63) is 0 Å². The van der Waals surface area contributed by atoms with Crippen molar-refractivity contribution in [3.8, 4) is 0 Å². The van der Waals surface area contributed by atoms with E-state index in [-0.39, 0.29) is 11.8 Å². The number of carbonyl (C=O) groups is 2. The molecule has 0 rings (SSSR count). The van der Waals surface area contributed by atoms with Gasteiger partial charge in [0.15, 0.2) is 0 Å². The highest BCUT2D eigenvalue weighted by Gasteiger charge is 2.03. The van der Waals surface area contributed by atoms with Gasteiger partial charge in [-0.3, -0.25) is 19.0 Å². The Bertz CT molecular complexity index is 214. The molecule has 0 fully saturated rings. The quantitative estimate of drug-likeness (QED) is 0.347. The van der Waals surface area contributed by atoms with E-state index in [1.807, 2.05) is 0 Å². The molecule has 2 N–H and O–H groups in total. The molecule has 0 spiro atoms. The van der Waals surface area contributed by atoms with Gasteiger partial charge in [-0.1, -0.05) is 39.5 Å². The first kappa shape index (κ1) is 17.6. The molecule has 0 radical (unpaired) electrons. The van der Waals surface area contributed by atoms with E-state index in [9.17, 15) is 9.59 Å². The van der Waals surface area contributed by atoms with Crippen molar-refractivity contribution >= 4 is 33.8 Å². The molecule has 0 unspecified atom stereocenters. The van der Waals surface area contributed by atoms with Gasteiger partial charge in [-0.2, -0.15) is 0 Å². The zero-order valence-corrected chi connectivity index (χ0v) is 12.9. The first-order chi connectivity index (χ1) is 8.70. The maximum Gasteiger partial charge on any atom is 0.230 e. The molecule has 4 nitrogen and oxygen atoms in total. The molecule has 0 aromatic rings. The van der Waals surface area contributed by atoms with E-state index in [2.05, 4.69) is 23.3 Å². The highest BCUT2D eigenvalue weighted by molar-refractivity contribution is 8.75. The number of amides is 2. The van der Waals surface area contributed by atoms with Gasteiger partial charge in [0.2, 0.25) is 11.8 Å². The molecule has 0 heterocycles. The summed E-state index contributed by atoms with van der Waals surface area (Å²) < 4.78 is 5.38. The first-order valence-corrected chi connectivity index (χ1v) is 8.75. The van der Waals surface area contributed by atoms with E-state index in [4.69, 9.17) is 0 Å². The van der Waals surface area contributed by atoms with Crippen LogP contribution in [0.3, 0.4) is 0 Å². The van der Waals surface area contributed by atoms with Crippen LogP contribution in [0.4, 0.5) is 0 Å². The number of carbonyl (C=O) groups excluding carboxylic acids is 2. The molecular weight excluding hydrogens is 268 g/mol. The predicted octanol–water partition coefficient (Wildman–Crippen LogP) is 3.59. The highest BCUT2D eigenvalue weighted by Crippen LogP contribution is 2.14. The van der Waals surface area contributed by atoms with E-state index in [0.29, 0.717) is 12.8 Å². The molecular formula is C12H24N2O2S2. The van der Waals surface area contributed by atoms with E-state index >= 15 is 0 Å². The number of hydrogen-bond donors (Lipinski definition) is 2. The normalized spacial score (nSPS) is 10.1. The Balaban J connectivity index is 3.32. The second-order valence-corrected chi connectivity index (χ2v) is 5.87. The van der Waals surface area contributed by atoms with Crippen LogP contribution in [0.1, 0.15) is 65.2 Å². The fraction of sp³-hybridized carbons (Fsp3) is 0.833. The molecule has 18 heavy (non-hydrogen) atoms. The summed E-state index contributed by atoms with van der Waals surface area (Å²) in [6.45, 7) is 4.22. The van der Waals surface area contributed by atoms with Gasteiger partial charge >= 0.3 is 0 Å². The average Bonchev–Trinajstić information content (AvgIpc) is 2.35. The van der Waals surface area contributed by atoms with Crippen LogP contribution in [0.15, 0.2) is 0 Å². The third-order valence-corrected chi connectivity index (χ3v) is 3.82. The molecule has 0 saturated carbocycles. The topological polar surface area (TPSA) is 58.2 Å². The third-order valence-electron chi connectivity index (χ3n) is 2.37. The summed E-state index contributed by atoms with van der Waals surface area (Å²) in [4.78, 5) is 22.6. The minimum absolute atomic E-state index is 0.0289. The second kappa shape index (κ2) is 13.1. The number of nitrogens with one attached hydrogen (secondary N) is 2. The van der Waals surface area contributed by atoms with Gasteiger partial charge in [0.1, 0.15) is 0 Å². The van der Waals surface area contributed by atoms with Crippen molar-refractivity contribution in [3.63, 3.8) is 0 Å². The fourth-order valence-corrected chi connectivity index (χ4v) is 2.59. The Morgan fingerprint density at radius 3 is 1.50 bits per heavy atom. The van der Waals surface area contributed by atoms with Crippen LogP contribution in [0, 0.1) is 0 Å². The number of hydrogen-bond acceptors (Lipinski definition) is 4.